The minimum absolute atomic E-state index is 0.0805. The molecule has 0 aliphatic heterocycles. The first-order valence-electron chi connectivity index (χ1n) is 6.24. The highest BCUT2D eigenvalue weighted by atomic mass is 16.1. The van der Waals surface area contributed by atoms with E-state index >= 15 is 0 Å². The van der Waals surface area contributed by atoms with Crippen molar-refractivity contribution in [3.8, 4) is 0 Å². The molecule has 1 aromatic heterocycles. The maximum atomic E-state index is 11.8. The molecule has 0 aliphatic rings. The zero-order valence-electron chi connectivity index (χ0n) is 11.7. The summed E-state index contributed by atoms with van der Waals surface area (Å²) in [6.07, 6.45) is 2.87. The number of pyridine rings is 1. The van der Waals surface area contributed by atoms with E-state index in [9.17, 15) is 4.79 Å². The molecule has 1 aromatic rings. The number of nitrogens with two attached hydrogens (primary N) is 1. The van der Waals surface area contributed by atoms with Crippen LogP contribution in [0, 0.1) is 12.3 Å². The lowest BCUT2D eigenvalue weighted by Crippen LogP contribution is -2.31. The Morgan fingerprint density at radius 3 is 2.61 bits per heavy atom. The van der Waals surface area contributed by atoms with Crippen LogP contribution in [0.15, 0.2) is 18.3 Å². The van der Waals surface area contributed by atoms with Crippen LogP contribution < -0.4 is 11.1 Å². The van der Waals surface area contributed by atoms with E-state index < -0.39 is 0 Å². The molecule has 1 heterocycles. The lowest BCUT2D eigenvalue weighted by molar-refractivity contribution is -0.116. The fraction of sp³-hybridized carbons (Fsp3) is 0.571. The predicted molar refractivity (Wildman–Crippen MR) is 74.3 cm³/mol. The summed E-state index contributed by atoms with van der Waals surface area (Å²) in [5, 5.41) is 2.76. The Kier molecular flexibility index (Phi) is 4.84. The Labute approximate surface area is 109 Å². The van der Waals surface area contributed by atoms with Crippen LogP contribution in [-0.4, -0.2) is 16.9 Å². The first-order valence-corrected chi connectivity index (χ1v) is 6.24. The van der Waals surface area contributed by atoms with Gasteiger partial charge in [0.1, 0.15) is 5.82 Å². The molecule has 0 fully saturated rings. The smallest absolute Gasteiger partial charge is 0.227 e. The molecule has 0 saturated heterocycles. The van der Waals surface area contributed by atoms with Crippen molar-refractivity contribution < 1.29 is 4.79 Å². The fourth-order valence-corrected chi connectivity index (χ4v) is 1.83. The van der Waals surface area contributed by atoms with Crippen molar-refractivity contribution in [1.82, 2.24) is 4.98 Å². The van der Waals surface area contributed by atoms with Gasteiger partial charge in [-0.2, -0.15) is 0 Å². The van der Waals surface area contributed by atoms with E-state index in [4.69, 9.17) is 5.73 Å². The van der Waals surface area contributed by atoms with E-state index in [1.165, 1.54) is 0 Å². The van der Waals surface area contributed by atoms with Gasteiger partial charge in [0.25, 0.3) is 0 Å². The molecule has 0 saturated carbocycles. The van der Waals surface area contributed by atoms with E-state index in [0.29, 0.717) is 12.2 Å². The molecule has 18 heavy (non-hydrogen) atoms. The first-order chi connectivity index (χ1) is 8.26. The molecule has 3 N–H and O–H groups in total. The highest BCUT2D eigenvalue weighted by molar-refractivity contribution is 5.90. The molecule has 0 spiro atoms. The highest BCUT2D eigenvalue weighted by Gasteiger charge is 2.18. The Balaban J connectivity index is 2.44. The predicted octanol–water partition coefficient (Wildman–Crippen LogP) is 2.48. The summed E-state index contributed by atoms with van der Waals surface area (Å²) in [4.78, 5) is 15.9. The Bertz CT molecular complexity index is 392. The van der Waals surface area contributed by atoms with Gasteiger partial charge in [0.05, 0.1) is 0 Å². The summed E-state index contributed by atoms with van der Waals surface area (Å²) < 4.78 is 0. The molecule has 1 rings (SSSR count). The van der Waals surface area contributed by atoms with Crippen LogP contribution in [-0.2, 0) is 4.79 Å². The third-order valence-electron chi connectivity index (χ3n) is 2.50. The van der Waals surface area contributed by atoms with Crippen LogP contribution in [0.3, 0.4) is 0 Å². The maximum absolute atomic E-state index is 11.8. The summed E-state index contributed by atoms with van der Waals surface area (Å²) in [5.41, 5.74) is 7.17. The van der Waals surface area contributed by atoms with Crippen molar-refractivity contribution in [3.63, 3.8) is 0 Å². The molecular formula is C14H23N3O. The monoisotopic (exact) mass is 249 g/mol. The SMILES string of the molecule is Cc1ccc(NC(=O)CC(N)CC(C)(C)C)nc1. The van der Waals surface area contributed by atoms with Crippen molar-refractivity contribution in [2.24, 2.45) is 11.1 Å². The number of hydrogen-bond donors (Lipinski definition) is 2. The Hall–Kier alpha value is -1.42. The zero-order chi connectivity index (χ0) is 13.8. The first kappa shape index (κ1) is 14.6. The second kappa shape index (κ2) is 5.96. The molecule has 100 valence electrons. The third-order valence-corrected chi connectivity index (χ3v) is 2.50. The maximum Gasteiger partial charge on any atom is 0.227 e. The second-order valence-corrected chi connectivity index (χ2v) is 6.00. The van der Waals surface area contributed by atoms with Gasteiger partial charge in [0.15, 0.2) is 0 Å². The van der Waals surface area contributed by atoms with Gasteiger partial charge in [-0.3, -0.25) is 4.79 Å². The van der Waals surface area contributed by atoms with Crippen LogP contribution in [0.2, 0.25) is 0 Å². The van der Waals surface area contributed by atoms with E-state index in [2.05, 4.69) is 31.1 Å². The number of carbonyl (C=O) groups is 1. The van der Waals surface area contributed by atoms with Crippen molar-refractivity contribution in [2.45, 2.75) is 46.6 Å². The van der Waals surface area contributed by atoms with Crippen LogP contribution in [0.5, 0.6) is 0 Å². The van der Waals surface area contributed by atoms with Gasteiger partial charge in [-0.15, -0.1) is 0 Å². The van der Waals surface area contributed by atoms with E-state index in [1.807, 2.05) is 13.0 Å². The number of aromatic nitrogens is 1. The van der Waals surface area contributed by atoms with Gasteiger partial charge >= 0.3 is 0 Å². The summed E-state index contributed by atoms with van der Waals surface area (Å²) in [7, 11) is 0. The number of carbonyl (C=O) groups excluding carboxylic acids is 1. The van der Waals surface area contributed by atoms with Crippen molar-refractivity contribution in [2.75, 3.05) is 5.32 Å². The summed E-state index contributed by atoms with van der Waals surface area (Å²) in [6.45, 7) is 8.31. The number of anilines is 1. The highest BCUT2D eigenvalue weighted by Crippen LogP contribution is 2.21. The molecule has 0 radical (unpaired) electrons. The van der Waals surface area contributed by atoms with E-state index in [-0.39, 0.29) is 17.4 Å². The Morgan fingerprint density at radius 1 is 1.44 bits per heavy atom. The lowest BCUT2D eigenvalue weighted by Gasteiger charge is -2.22. The number of rotatable bonds is 4. The standard InChI is InChI=1S/C14H23N3O/c1-10-5-6-12(16-9-10)17-13(18)7-11(15)8-14(2,3)4/h5-6,9,11H,7-8,15H2,1-4H3,(H,16,17,18). The largest absolute Gasteiger partial charge is 0.327 e. The Morgan fingerprint density at radius 2 is 2.11 bits per heavy atom. The number of amides is 1. The van der Waals surface area contributed by atoms with Crippen LogP contribution in [0.1, 0.15) is 39.2 Å². The molecule has 1 atom stereocenters. The molecule has 1 amide bonds. The molecule has 0 aromatic carbocycles. The van der Waals surface area contributed by atoms with Crippen molar-refractivity contribution in [1.29, 1.82) is 0 Å². The zero-order valence-corrected chi connectivity index (χ0v) is 11.7. The van der Waals surface area contributed by atoms with Gasteiger partial charge in [-0.25, -0.2) is 4.98 Å². The minimum Gasteiger partial charge on any atom is -0.327 e. The summed E-state index contributed by atoms with van der Waals surface area (Å²) in [5.74, 6) is 0.497. The van der Waals surface area contributed by atoms with E-state index in [1.54, 1.807) is 12.3 Å². The number of nitrogens with zero attached hydrogens (tertiary/aromatic N) is 1. The molecule has 0 aliphatic carbocycles. The molecular weight excluding hydrogens is 226 g/mol. The average Bonchev–Trinajstić information content (AvgIpc) is 2.18. The van der Waals surface area contributed by atoms with Gasteiger partial charge in [0.2, 0.25) is 5.91 Å². The van der Waals surface area contributed by atoms with Crippen molar-refractivity contribution >= 4 is 11.7 Å². The quantitative estimate of drug-likeness (QED) is 0.861. The summed E-state index contributed by atoms with van der Waals surface area (Å²) >= 11 is 0. The fourth-order valence-electron chi connectivity index (χ4n) is 1.83. The van der Waals surface area contributed by atoms with Crippen LogP contribution in [0.25, 0.3) is 0 Å². The van der Waals surface area contributed by atoms with Gasteiger partial charge in [-0.05, 0) is 30.4 Å². The normalized spacial score (nSPS) is 13.2. The van der Waals surface area contributed by atoms with E-state index in [0.717, 1.165) is 12.0 Å². The van der Waals surface area contributed by atoms with Crippen LogP contribution in [0.4, 0.5) is 5.82 Å². The second-order valence-electron chi connectivity index (χ2n) is 6.00. The average molecular weight is 249 g/mol. The van der Waals surface area contributed by atoms with Gasteiger partial charge in [-0.1, -0.05) is 26.8 Å². The van der Waals surface area contributed by atoms with Gasteiger partial charge in [0, 0.05) is 18.7 Å². The molecule has 4 nitrogen and oxygen atoms in total. The number of nitrogens with one attached hydrogen (secondary N) is 1. The topological polar surface area (TPSA) is 68.0 Å². The minimum atomic E-state index is -0.115. The number of aryl methyl sites for hydroxylation is 1. The van der Waals surface area contributed by atoms with Crippen LogP contribution >= 0.6 is 0 Å². The third kappa shape index (κ3) is 5.77. The number of hydrogen-bond acceptors (Lipinski definition) is 3. The molecule has 1 unspecified atom stereocenters. The summed E-state index contributed by atoms with van der Waals surface area (Å²) in [6, 6.07) is 3.59. The molecule has 4 heteroatoms. The lowest BCUT2D eigenvalue weighted by atomic mass is 9.87. The van der Waals surface area contributed by atoms with Gasteiger partial charge < -0.3 is 11.1 Å². The van der Waals surface area contributed by atoms with Crippen molar-refractivity contribution in [3.05, 3.63) is 23.9 Å². The molecule has 0 bridgehead atoms.